The molecule has 3 heterocycles. The lowest BCUT2D eigenvalue weighted by Crippen LogP contribution is -2.63. The van der Waals surface area contributed by atoms with E-state index in [4.69, 9.17) is 0 Å². The maximum atomic E-state index is 14.8. The Morgan fingerprint density at radius 1 is 1.18 bits per heavy atom. The van der Waals surface area contributed by atoms with E-state index in [0.29, 0.717) is 48.3 Å². The summed E-state index contributed by atoms with van der Waals surface area (Å²) in [6.45, 7) is 1.58. The molecule has 28 heavy (non-hydrogen) atoms. The monoisotopic (exact) mass is 382 g/mol. The highest BCUT2D eigenvalue weighted by atomic mass is 19.1. The molecule has 1 aromatic carbocycles. The van der Waals surface area contributed by atoms with Crippen LogP contribution in [0.4, 0.5) is 20.7 Å². The van der Waals surface area contributed by atoms with Crippen LogP contribution >= 0.6 is 0 Å². The van der Waals surface area contributed by atoms with Crippen molar-refractivity contribution >= 4 is 48.5 Å². The summed E-state index contributed by atoms with van der Waals surface area (Å²) in [4.78, 5) is 38.1. The molecular formula is C18H18BFN5O3. The van der Waals surface area contributed by atoms with Gasteiger partial charge in [-0.3, -0.25) is 24.5 Å². The molecule has 143 valence electrons. The van der Waals surface area contributed by atoms with Crippen LogP contribution < -0.4 is 15.1 Å². The molecule has 1 saturated carbocycles. The van der Waals surface area contributed by atoms with E-state index in [2.05, 4.69) is 10.4 Å². The summed E-state index contributed by atoms with van der Waals surface area (Å²) in [7, 11) is 1.74. The van der Waals surface area contributed by atoms with Gasteiger partial charge in [0.2, 0.25) is 5.91 Å². The molecule has 2 saturated heterocycles. The minimum absolute atomic E-state index is 0. The van der Waals surface area contributed by atoms with Crippen molar-refractivity contribution in [1.82, 2.24) is 15.1 Å². The molecular weight excluding hydrogens is 364 g/mol. The average molecular weight is 382 g/mol. The summed E-state index contributed by atoms with van der Waals surface area (Å²) in [6, 6.07) is 2.59. The van der Waals surface area contributed by atoms with Crippen LogP contribution in [0.25, 0.3) is 10.9 Å². The Labute approximate surface area is 162 Å². The van der Waals surface area contributed by atoms with Gasteiger partial charge in [-0.2, -0.15) is 5.10 Å². The van der Waals surface area contributed by atoms with Gasteiger partial charge in [-0.1, -0.05) is 0 Å². The Bertz CT molecular complexity index is 1020. The SMILES string of the molecule is Cn1nc(N2CCC(=O)NC2=O)c2cc(F)c(N3CC4(CC(=O)C4)C3)cc21.[B]. The van der Waals surface area contributed by atoms with E-state index in [1.54, 1.807) is 17.8 Å². The smallest absolute Gasteiger partial charge is 0.329 e. The zero-order chi connectivity index (χ0) is 18.9. The normalized spacial score (nSPS) is 20.7. The third-order valence-corrected chi connectivity index (χ3v) is 5.75. The van der Waals surface area contributed by atoms with Crippen molar-refractivity contribution in [2.24, 2.45) is 12.5 Å². The topological polar surface area (TPSA) is 87.5 Å². The lowest BCUT2D eigenvalue weighted by atomic mass is 9.62. The first-order valence-corrected chi connectivity index (χ1v) is 8.89. The Hall–Kier alpha value is -2.91. The number of rotatable bonds is 2. The fourth-order valence-electron chi connectivity index (χ4n) is 4.40. The van der Waals surface area contributed by atoms with Crippen molar-refractivity contribution in [2.75, 3.05) is 29.4 Å². The van der Waals surface area contributed by atoms with Crippen LogP contribution in [0.15, 0.2) is 12.1 Å². The maximum absolute atomic E-state index is 14.8. The number of aryl methyl sites for hydroxylation is 1. The highest BCUT2D eigenvalue weighted by Crippen LogP contribution is 2.48. The number of halogens is 1. The van der Waals surface area contributed by atoms with Crippen molar-refractivity contribution < 1.29 is 18.8 Å². The fourth-order valence-corrected chi connectivity index (χ4v) is 4.40. The van der Waals surface area contributed by atoms with Gasteiger partial charge in [-0.05, 0) is 12.1 Å². The number of hydrogen-bond acceptors (Lipinski definition) is 5. The first kappa shape index (κ1) is 18.5. The number of imide groups is 1. The molecule has 0 bridgehead atoms. The van der Waals surface area contributed by atoms with Crippen molar-refractivity contribution in [3.63, 3.8) is 0 Å². The molecule has 1 spiro atoms. The molecule has 8 nitrogen and oxygen atoms in total. The Balaban J connectivity index is 0.00000192. The number of hydrogen-bond donors (Lipinski definition) is 1. The molecule has 1 N–H and O–H groups in total. The summed E-state index contributed by atoms with van der Waals surface area (Å²) in [6.07, 6.45) is 1.36. The lowest BCUT2D eigenvalue weighted by Gasteiger charge is -2.55. The third-order valence-electron chi connectivity index (χ3n) is 5.75. The van der Waals surface area contributed by atoms with Gasteiger partial charge in [0.25, 0.3) is 0 Å². The number of nitrogens with one attached hydrogen (secondary N) is 1. The van der Waals surface area contributed by atoms with Gasteiger partial charge in [-0.25, -0.2) is 9.18 Å². The fraction of sp³-hybridized carbons (Fsp3) is 0.444. The van der Waals surface area contributed by atoms with E-state index in [-0.39, 0.29) is 44.3 Å². The largest absolute Gasteiger partial charge is 0.368 e. The molecule has 10 heteroatoms. The molecule has 5 rings (SSSR count). The van der Waals surface area contributed by atoms with Gasteiger partial charge in [0.1, 0.15) is 11.6 Å². The van der Waals surface area contributed by atoms with Crippen LogP contribution in [0, 0.1) is 11.2 Å². The zero-order valence-corrected chi connectivity index (χ0v) is 15.4. The number of benzene rings is 1. The summed E-state index contributed by atoms with van der Waals surface area (Å²) in [5.74, 6) is -0.0929. The maximum Gasteiger partial charge on any atom is 0.329 e. The Kier molecular flexibility index (Phi) is 3.99. The van der Waals surface area contributed by atoms with E-state index in [0.717, 1.165) is 0 Å². The number of fused-ring (bicyclic) bond motifs is 1. The highest BCUT2D eigenvalue weighted by molar-refractivity contribution is 6.09. The molecule has 2 aromatic rings. The number of urea groups is 1. The Morgan fingerprint density at radius 3 is 2.54 bits per heavy atom. The van der Waals surface area contributed by atoms with Gasteiger partial charge >= 0.3 is 6.03 Å². The molecule has 2 aliphatic heterocycles. The zero-order valence-electron chi connectivity index (χ0n) is 15.4. The van der Waals surface area contributed by atoms with Gasteiger partial charge < -0.3 is 4.90 Å². The van der Waals surface area contributed by atoms with Crippen molar-refractivity contribution in [3.05, 3.63) is 17.9 Å². The quantitative estimate of drug-likeness (QED) is 0.782. The van der Waals surface area contributed by atoms with Crippen molar-refractivity contribution in [1.29, 1.82) is 0 Å². The second-order valence-corrected chi connectivity index (χ2v) is 7.77. The highest BCUT2D eigenvalue weighted by Gasteiger charge is 2.52. The summed E-state index contributed by atoms with van der Waals surface area (Å²) in [5.41, 5.74) is 1.23. The number of nitrogens with zero attached hydrogens (tertiary/aromatic N) is 4. The second-order valence-electron chi connectivity index (χ2n) is 7.77. The minimum Gasteiger partial charge on any atom is -0.368 e. The van der Waals surface area contributed by atoms with Crippen LogP contribution in [0.2, 0.25) is 0 Å². The molecule has 1 aliphatic carbocycles. The first-order chi connectivity index (χ1) is 12.8. The average Bonchev–Trinajstić information content (AvgIpc) is 2.85. The molecule has 3 fully saturated rings. The molecule has 3 aliphatic rings. The third kappa shape index (κ3) is 2.58. The Morgan fingerprint density at radius 2 is 1.89 bits per heavy atom. The standard InChI is InChI=1S/C18H18FN5O3.B/c1-22-13-5-14(23-8-18(9-23)6-10(25)7-18)12(19)4-11(13)16(21-22)24-3-2-15(26)20-17(24)27;/h4-5H,2-3,6-9H2,1H3,(H,20,26,27);. The van der Waals surface area contributed by atoms with Crippen LogP contribution in [0.3, 0.4) is 0 Å². The van der Waals surface area contributed by atoms with E-state index >= 15 is 0 Å². The van der Waals surface area contributed by atoms with Crippen LogP contribution in [-0.2, 0) is 16.6 Å². The first-order valence-electron chi connectivity index (χ1n) is 8.89. The second kappa shape index (κ2) is 6.05. The summed E-state index contributed by atoms with van der Waals surface area (Å²) < 4.78 is 16.4. The van der Waals surface area contributed by atoms with E-state index in [1.165, 1.54) is 11.0 Å². The minimum atomic E-state index is -0.546. The number of amides is 3. The van der Waals surface area contributed by atoms with Crippen LogP contribution in [0.1, 0.15) is 19.3 Å². The van der Waals surface area contributed by atoms with Gasteiger partial charge in [0.15, 0.2) is 5.82 Å². The molecule has 0 atom stereocenters. The number of carbonyl (C=O) groups excluding carboxylic acids is 3. The van der Waals surface area contributed by atoms with E-state index in [1.807, 2.05) is 4.90 Å². The van der Waals surface area contributed by atoms with E-state index in [9.17, 15) is 18.8 Å². The van der Waals surface area contributed by atoms with Crippen LogP contribution in [0.5, 0.6) is 0 Å². The predicted molar refractivity (Wildman–Crippen MR) is 101 cm³/mol. The number of carbonyl (C=O) groups is 3. The number of ketones is 1. The number of anilines is 2. The predicted octanol–water partition coefficient (Wildman–Crippen LogP) is 0.947. The van der Waals surface area contributed by atoms with Gasteiger partial charge in [-0.15, -0.1) is 0 Å². The number of aromatic nitrogens is 2. The molecule has 3 radical (unpaired) electrons. The summed E-state index contributed by atoms with van der Waals surface area (Å²) in [5, 5.41) is 7.17. The van der Waals surface area contributed by atoms with Crippen molar-refractivity contribution in [2.45, 2.75) is 19.3 Å². The molecule has 0 unspecified atom stereocenters. The van der Waals surface area contributed by atoms with Crippen LogP contribution in [-0.4, -0.2) is 55.5 Å². The lowest BCUT2D eigenvalue weighted by molar-refractivity contribution is -0.134. The molecule has 1 aromatic heterocycles. The summed E-state index contributed by atoms with van der Waals surface area (Å²) >= 11 is 0. The molecule has 3 amide bonds. The van der Waals surface area contributed by atoms with Gasteiger partial charge in [0.05, 0.1) is 11.2 Å². The van der Waals surface area contributed by atoms with Gasteiger partial charge in [0, 0.05) is 65.2 Å². The number of Topliss-reactive ketones (excluding diaryl/α,β-unsaturated/α-hetero) is 1. The van der Waals surface area contributed by atoms with E-state index < -0.39 is 6.03 Å². The van der Waals surface area contributed by atoms with Crippen molar-refractivity contribution in [3.8, 4) is 0 Å².